The van der Waals surface area contributed by atoms with Gasteiger partial charge in [0.05, 0.1) is 19.3 Å². The van der Waals surface area contributed by atoms with Gasteiger partial charge in [-0.2, -0.15) is 0 Å². The van der Waals surface area contributed by atoms with Crippen LogP contribution < -0.4 is 10.1 Å². The summed E-state index contributed by atoms with van der Waals surface area (Å²) in [5, 5.41) is 14.4. The number of ether oxygens (including phenoxy) is 1. The lowest BCUT2D eigenvalue weighted by Gasteiger charge is -2.18. The third-order valence-electron chi connectivity index (χ3n) is 4.48. The van der Waals surface area contributed by atoms with Crippen LogP contribution in [0.4, 0.5) is 0 Å². The molecule has 0 aliphatic heterocycles. The minimum absolute atomic E-state index is 0.120. The first-order chi connectivity index (χ1) is 10.2. The minimum Gasteiger partial charge on any atom is -0.493 e. The van der Waals surface area contributed by atoms with E-state index >= 15 is 0 Å². The van der Waals surface area contributed by atoms with Crippen LogP contribution in [0.3, 0.4) is 0 Å². The number of furan rings is 1. The number of rotatable bonds is 5. The molecular weight excluding hydrogens is 266 g/mol. The Morgan fingerprint density at radius 3 is 3.00 bits per heavy atom. The zero-order chi connectivity index (χ0) is 14.8. The number of fused-ring (bicyclic) bond motifs is 1. The summed E-state index contributed by atoms with van der Waals surface area (Å²) in [6.07, 6.45) is 3.02. The average molecular weight is 289 g/mol. The number of aliphatic hydroxyl groups is 1. The highest BCUT2D eigenvalue weighted by atomic mass is 16.5. The van der Waals surface area contributed by atoms with Crippen LogP contribution in [0.2, 0.25) is 0 Å². The molecule has 4 heteroatoms. The molecule has 114 valence electrons. The number of aliphatic hydroxyl groups excluding tert-OH is 1. The first kappa shape index (κ1) is 14.4. The Labute approximate surface area is 125 Å². The van der Waals surface area contributed by atoms with Crippen LogP contribution in [0, 0.1) is 5.92 Å². The maximum absolute atomic E-state index is 9.88. The van der Waals surface area contributed by atoms with E-state index in [1.54, 1.807) is 7.11 Å². The smallest absolute Gasteiger partial charge is 0.176 e. The van der Waals surface area contributed by atoms with Gasteiger partial charge in [-0.25, -0.2) is 0 Å². The fourth-order valence-corrected chi connectivity index (χ4v) is 3.11. The van der Waals surface area contributed by atoms with Crippen molar-refractivity contribution >= 4 is 11.0 Å². The Morgan fingerprint density at radius 1 is 1.43 bits per heavy atom. The average Bonchev–Trinajstić information content (AvgIpc) is 3.10. The summed E-state index contributed by atoms with van der Waals surface area (Å²) in [6.45, 7) is 2.92. The van der Waals surface area contributed by atoms with E-state index in [0.29, 0.717) is 5.92 Å². The first-order valence-electron chi connectivity index (χ1n) is 7.67. The molecule has 3 unspecified atom stereocenters. The normalized spacial score (nSPS) is 23.6. The van der Waals surface area contributed by atoms with Gasteiger partial charge in [0, 0.05) is 11.9 Å². The van der Waals surface area contributed by atoms with Crippen LogP contribution in [-0.4, -0.2) is 24.9 Å². The van der Waals surface area contributed by atoms with Crippen molar-refractivity contribution in [3.05, 3.63) is 30.0 Å². The SMILES string of the molecule is COc1cccc2cc(C(C)NCC3CCCC3O)oc12. The second kappa shape index (κ2) is 6.08. The molecule has 4 nitrogen and oxygen atoms in total. The molecule has 21 heavy (non-hydrogen) atoms. The molecule has 0 spiro atoms. The summed E-state index contributed by atoms with van der Waals surface area (Å²) < 4.78 is 11.3. The molecule has 2 N–H and O–H groups in total. The van der Waals surface area contributed by atoms with Gasteiger partial charge < -0.3 is 19.6 Å². The second-order valence-corrected chi connectivity index (χ2v) is 5.92. The van der Waals surface area contributed by atoms with Gasteiger partial charge in [-0.15, -0.1) is 0 Å². The Morgan fingerprint density at radius 2 is 2.29 bits per heavy atom. The molecule has 1 fully saturated rings. The van der Waals surface area contributed by atoms with E-state index < -0.39 is 0 Å². The van der Waals surface area contributed by atoms with Crippen molar-refractivity contribution in [3.8, 4) is 5.75 Å². The summed E-state index contributed by atoms with van der Waals surface area (Å²) in [4.78, 5) is 0. The van der Waals surface area contributed by atoms with E-state index in [0.717, 1.165) is 48.3 Å². The molecule has 1 aromatic heterocycles. The molecule has 0 radical (unpaired) electrons. The van der Waals surface area contributed by atoms with Crippen LogP contribution in [0.25, 0.3) is 11.0 Å². The number of hydrogen-bond acceptors (Lipinski definition) is 4. The zero-order valence-electron chi connectivity index (χ0n) is 12.6. The van der Waals surface area contributed by atoms with Gasteiger partial charge in [-0.3, -0.25) is 0 Å². The van der Waals surface area contributed by atoms with Crippen LogP contribution in [-0.2, 0) is 0 Å². The lowest BCUT2D eigenvalue weighted by molar-refractivity contribution is 0.129. The third-order valence-corrected chi connectivity index (χ3v) is 4.48. The van der Waals surface area contributed by atoms with Gasteiger partial charge in [0.25, 0.3) is 0 Å². The maximum atomic E-state index is 9.88. The standard InChI is InChI=1S/C17H23NO3/c1-11(18-10-13-6-3-7-14(13)19)16-9-12-5-4-8-15(20-2)17(12)21-16/h4-5,8-9,11,13-14,18-19H,3,6-7,10H2,1-2H3. The van der Waals surface area contributed by atoms with Crippen LogP contribution >= 0.6 is 0 Å². The molecule has 0 amide bonds. The molecule has 1 heterocycles. The van der Waals surface area contributed by atoms with Crippen molar-refractivity contribution in [3.63, 3.8) is 0 Å². The third kappa shape index (κ3) is 2.92. The molecule has 1 aliphatic carbocycles. The molecule has 0 saturated heterocycles. The van der Waals surface area contributed by atoms with Gasteiger partial charge in [0.15, 0.2) is 11.3 Å². The van der Waals surface area contributed by atoms with E-state index in [1.165, 1.54) is 0 Å². The molecular formula is C17H23NO3. The number of para-hydroxylation sites is 1. The zero-order valence-corrected chi connectivity index (χ0v) is 12.6. The predicted molar refractivity (Wildman–Crippen MR) is 82.5 cm³/mol. The van der Waals surface area contributed by atoms with Crippen molar-refractivity contribution in [1.29, 1.82) is 0 Å². The summed E-state index contributed by atoms with van der Waals surface area (Å²) >= 11 is 0. The molecule has 0 bridgehead atoms. The van der Waals surface area contributed by atoms with Crippen molar-refractivity contribution < 1.29 is 14.3 Å². The van der Waals surface area contributed by atoms with E-state index in [1.807, 2.05) is 18.2 Å². The highest BCUT2D eigenvalue weighted by Crippen LogP contribution is 2.31. The molecule has 1 aromatic carbocycles. The van der Waals surface area contributed by atoms with Gasteiger partial charge in [0.2, 0.25) is 0 Å². The molecule has 1 aliphatic rings. The number of hydrogen-bond donors (Lipinski definition) is 2. The monoisotopic (exact) mass is 289 g/mol. The highest BCUT2D eigenvalue weighted by molar-refractivity contribution is 5.83. The predicted octanol–water partition coefficient (Wildman–Crippen LogP) is 3.25. The minimum atomic E-state index is -0.152. The Hall–Kier alpha value is -1.52. The quantitative estimate of drug-likeness (QED) is 0.887. The van der Waals surface area contributed by atoms with Crippen molar-refractivity contribution in [1.82, 2.24) is 5.32 Å². The van der Waals surface area contributed by atoms with Crippen molar-refractivity contribution in [2.24, 2.45) is 5.92 Å². The van der Waals surface area contributed by atoms with E-state index in [-0.39, 0.29) is 12.1 Å². The summed E-state index contributed by atoms with van der Waals surface area (Å²) in [5.74, 6) is 2.03. The topological polar surface area (TPSA) is 54.6 Å². The van der Waals surface area contributed by atoms with E-state index in [4.69, 9.17) is 9.15 Å². The van der Waals surface area contributed by atoms with Gasteiger partial charge >= 0.3 is 0 Å². The number of methoxy groups -OCH3 is 1. The lowest BCUT2D eigenvalue weighted by atomic mass is 10.1. The summed E-state index contributed by atoms with van der Waals surface area (Å²) in [7, 11) is 1.65. The second-order valence-electron chi connectivity index (χ2n) is 5.92. The Balaban J connectivity index is 1.71. The first-order valence-corrected chi connectivity index (χ1v) is 7.67. The van der Waals surface area contributed by atoms with Gasteiger partial charge in [-0.05, 0) is 37.8 Å². The summed E-state index contributed by atoms with van der Waals surface area (Å²) in [5.41, 5.74) is 0.796. The van der Waals surface area contributed by atoms with Crippen LogP contribution in [0.5, 0.6) is 5.75 Å². The molecule has 3 atom stereocenters. The van der Waals surface area contributed by atoms with E-state index in [9.17, 15) is 5.11 Å². The molecule has 2 aromatic rings. The Kier molecular flexibility index (Phi) is 4.17. The van der Waals surface area contributed by atoms with Gasteiger partial charge in [-0.1, -0.05) is 18.6 Å². The van der Waals surface area contributed by atoms with Crippen molar-refractivity contribution in [2.45, 2.75) is 38.3 Å². The van der Waals surface area contributed by atoms with Gasteiger partial charge in [0.1, 0.15) is 5.76 Å². The molecule has 3 rings (SSSR count). The Bertz CT molecular complexity index is 607. The summed E-state index contributed by atoms with van der Waals surface area (Å²) in [6, 6.07) is 8.07. The van der Waals surface area contributed by atoms with Crippen LogP contribution in [0.15, 0.2) is 28.7 Å². The fourth-order valence-electron chi connectivity index (χ4n) is 3.11. The lowest BCUT2D eigenvalue weighted by Crippen LogP contribution is -2.29. The van der Waals surface area contributed by atoms with Crippen molar-refractivity contribution in [2.75, 3.05) is 13.7 Å². The largest absolute Gasteiger partial charge is 0.493 e. The van der Waals surface area contributed by atoms with E-state index in [2.05, 4.69) is 18.3 Å². The number of benzene rings is 1. The maximum Gasteiger partial charge on any atom is 0.176 e. The highest BCUT2D eigenvalue weighted by Gasteiger charge is 2.25. The molecule has 1 saturated carbocycles. The fraction of sp³-hybridized carbons (Fsp3) is 0.529. The number of nitrogens with one attached hydrogen (secondary N) is 1. The van der Waals surface area contributed by atoms with Crippen LogP contribution in [0.1, 0.15) is 38.0 Å².